The molecule has 1 aliphatic heterocycles. The summed E-state index contributed by atoms with van der Waals surface area (Å²) in [7, 11) is 1.66. The van der Waals surface area contributed by atoms with Crippen molar-refractivity contribution in [3.63, 3.8) is 0 Å². The minimum atomic E-state index is -0.114. The summed E-state index contributed by atoms with van der Waals surface area (Å²) in [6.45, 7) is 0.279. The summed E-state index contributed by atoms with van der Waals surface area (Å²) in [4.78, 5) is 0. The predicted molar refractivity (Wildman–Crippen MR) is 77.9 cm³/mol. The van der Waals surface area contributed by atoms with Crippen LogP contribution in [0.4, 0.5) is 0 Å². The molecule has 0 aliphatic carbocycles. The average Bonchev–Trinajstić information content (AvgIpc) is 2.94. The number of fused-ring (bicyclic) bond motifs is 1. The van der Waals surface area contributed by atoms with Gasteiger partial charge in [0.2, 0.25) is 6.79 Å². The highest BCUT2D eigenvalue weighted by Crippen LogP contribution is 2.36. The van der Waals surface area contributed by atoms with Gasteiger partial charge in [0.1, 0.15) is 5.75 Å². The van der Waals surface area contributed by atoms with Gasteiger partial charge in [-0.25, -0.2) is 0 Å². The molecule has 2 aromatic carbocycles. The van der Waals surface area contributed by atoms with Crippen LogP contribution < -0.4 is 14.2 Å². The molecule has 1 unspecified atom stereocenters. The third-order valence-corrected chi connectivity index (χ3v) is 3.71. The van der Waals surface area contributed by atoms with Gasteiger partial charge >= 0.3 is 0 Å². The second-order valence-corrected chi connectivity index (χ2v) is 5.16. The van der Waals surface area contributed by atoms with E-state index in [1.165, 1.54) is 0 Å². The zero-order valence-corrected chi connectivity index (χ0v) is 11.9. The minimum absolute atomic E-state index is 0.114. The van der Waals surface area contributed by atoms with Gasteiger partial charge in [-0.3, -0.25) is 0 Å². The monoisotopic (exact) mass is 290 g/mol. The van der Waals surface area contributed by atoms with E-state index in [1.54, 1.807) is 7.11 Å². The van der Waals surface area contributed by atoms with Crippen molar-refractivity contribution >= 4 is 11.6 Å². The first-order chi connectivity index (χ1) is 9.76. The van der Waals surface area contributed by atoms with E-state index in [0.717, 1.165) is 34.8 Å². The minimum Gasteiger partial charge on any atom is -0.497 e. The van der Waals surface area contributed by atoms with Gasteiger partial charge in [0, 0.05) is 0 Å². The number of hydrogen-bond donors (Lipinski definition) is 0. The molecule has 0 aromatic heterocycles. The summed E-state index contributed by atoms with van der Waals surface area (Å²) in [5.74, 6) is 2.38. The number of ether oxygens (including phenoxy) is 3. The molecular formula is C16H15ClO3. The van der Waals surface area contributed by atoms with E-state index in [4.69, 9.17) is 25.8 Å². The maximum atomic E-state index is 6.50. The van der Waals surface area contributed by atoms with Gasteiger partial charge in [0.15, 0.2) is 11.5 Å². The second kappa shape index (κ2) is 5.63. The molecule has 0 fully saturated rings. The lowest BCUT2D eigenvalue weighted by molar-refractivity contribution is 0.174. The van der Waals surface area contributed by atoms with Crippen molar-refractivity contribution in [1.29, 1.82) is 0 Å². The van der Waals surface area contributed by atoms with Crippen molar-refractivity contribution < 1.29 is 14.2 Å². The summed E-state index contributed by atoms with van der Waals surface area (Å²) in [6.07, 6.45) is 0.735. The smallest absolute Gasteiger partial charge is 0.231 e. The lowest BCUT2D eigenvalue weighted by atomic mass is 10.0. The SMILES string of the molecule is COc1cccc(CC(Cl)c2ccc3c(c2)OCO3)c1. The number of alkyl halides is 1. The summed E-state index contributed by atoms with van der Waals surface area (Å²) >= 11 is 6.50. The maximum Gasteiger partial charge on any atom is 0.231 e. The van der Waals surface area contributed by atoms with Gasteiger partial charge in [-0.05, 0) is 41.8 Å². The zero-order chi connectivity index (χ0) is 13.9. The first-order valence-corrected chi connectivity index (χ1v) is 6.86. The topological polar surface area (TPSA) is 27.7 Å². The third kappa shape index (κ3) is 2.68. The van der Waals surface area contributed by atoms with Crippen LogP contribution in [-0.2, 0) is 6.42 Å². The molecule has 1 heterocycles. The predicted octanol–water partition coefficient (Wildman–Crippen LogP) is 3.95. The Morgan fingerprint density at radius 3 is 2.85 bits per heavy atom. The number of methoxy groups -OCH3 is 1. The van der Waals surface area contributed by atoms with Crippen LogP contribution in [0.2, 0.25) is 0 Å². The fourth-order valence-corrected chi connectivity index (χ4v) is 2.55. The number of halogens is 1. The summed E-state index contributed by atoms with van der Waals surface area (Å²) < 4.78 is 15.9. The van der Waals surface area contributed by atoms with Crippen molar-refractivity contribution in [2.45, 2.75) is 11.8 Å². The van der Waals surface area contributed by atoms with Gasteiger partial charge in [0.05, 0.1) is 12.5 Å². The number of hydrogen-bond acceptors (Lipinski definition) is 3. The van der Waals surface area contributed by atoms with E-state index >= 15 is 0 Å². The fourth-order valence-electron chi connectivity index (χ4n) is 2.23. The van der Waals surface area contributed by atoms with Crippen LogP contribution in [0.15, 0.2) is 42.5 Å². The van der Waals surface area contributed by atoms with Gasteiger partial charge < -0.3 is 14.2 Å². The van der Waals surface area contributed by atoms with Gasteiger partial charge in [0.25, 0.3) is 0 Å². The average molecular weight is 291 g/mol. The van der Waals surface area contributed by atoms with Crippen LogP contribution in [0.3, 0.4) is 0 Å². The highest BCUT2D eigenvalue weighted by molar-refractivity contribution is 6.21. The normalized spacial score (nSPS) is 14.1. The van der Waals surface area contributed by atoms with Crippen molar-refractivity contribution in [3.8, 4) is 17.2 Å². The molecule has 0 spiro atoms. The molecule has 3 rings (SSSR count). The van der Waals surface area contributed by atoms with Crippen molar-refractivity contribution in [2.75, 3.05) is 13.9 Å². The van der Waals surface area contributed by atoms with Crippen LogP contribution in [0.25, 0.3) is 0 Å². The van der Waals surface area contributed by atoms with Crippen LogP contribution in [-0.4, -0.2) is 13.9 Å². The summed E-state index contributed by atoms with van der Waals surface area (Å²) in [5.41, 5.74) is 2.17. The Bertz CT molecular complexity index is 612. The highest BCUT2D eigenvalue weighted by Gasteiger charge is 2.17. The molecule has 2 aromatic rings. The van der Waals surface area contributed by atoms with Crippen molar-refractivity contribution in [1.82, 2.24) is 0 Å². The standard InChI is InChI=1S/C16H15ClO3/c1-18-13-4-2-3-11(7-13)8-14(17)12-5-6-15-16(9-12)20-10-19-15/h2-7,9,14H,8,10H2,1H3. The Morgan fingerprint density at radius 2 is 2.00 bits per heavy atom. The first kappa shape index (κ1) is 13.1. The molecule has 0 saturated heterocycles. The van der Waals surface area contributed by atoms with Gasteiger partial charge in [-0.15, -0.1) is 11.6 Å². The quantitative estimate of drug-likeness (QED) is 0.798. The lowest BCUT2D eigenvalue weighted by Crippen LogP contribution is -1.96. The van der Waals surface area contributed by atoms with Gasteiger partial charge in [-0.1, -0.05) is 18.2 Å². The van der Waals surface area contributed by atoms with Crippen molar-refractivity contribution in [2.24, 2.45) is 0 Å². The van der Waals surface area contributed by atoms with E-state index in [9.17, 15) is 0 Å². The highest BCUT2D eigenvalue weighted by atomic mass is 35.5. The summed E-state index contributed by atoms with van der Waals surface area (Å²) in [6, 6.07) is 13.8. The van der Waals surface area contributed by atoms with Crippen molar-refractivity contribution in [3.05, 3.63) is 53.6 Å². The number of benzene rings is 2. The Morgan fingerprint density at radius 1 is 1.15 bits per heavy atom. The fraction of sp³-hybridized carbons (Fsp3) is 0.250. The molecule has 104 valence electrons. The summed E-state index contributed by atoms with van der Waals surface area (Å²) in [5, 5.41) is -0.114. The molecular weight excluding hydrogens is 276 g/mol. The largest absolute Gasteiger partial charge is 0.497 e. The Labute approximate surface area is 123 Å². The Hall–Kier alpha value is -1.87. The van der Waals surface area contributed by atoms with Crippen LogP contribution >= 0.6 is 11.6 Å². The molecule has 0 N–H and O–H groups in total. The van der Waals surface area contributed by atoms with Crippen LogP contribution in [0.5, 0.6) is 17.2 Å². The third-order valence-electron chi connectivity index (χ3n) is 3.31. The van der Waals surface area contributed by atoms with E-state index in [2.05, 4.69) is 0 Å². The molecule has 0 saturated carbocycles. The van der Waals surface area contributed by atoms with Crippen LogP contribution in [0.1, 0.15) is 16.5 Å². The second-order valence-electron chi connectivity index (χ2n) is 4.64. The molecule has 1 aliphatic rings. The molecule has 0 bridgehead atoms. The van der Waals surface area contributed by atoms with Gasteiger partial charge in [-0.2, -0.15) is 0 Å². The zero-order valence-electron chi connectivity index (χ0n) is 11.1. The number of rotatable bonds is 4. The first-order valence-electron chi connectivity index (χ1n) is 6.43. The van der Waals surface area contributed by atoms with E-state index in [0.29, 0.717) is 0 Å². The molecule has 0 radical (unpaired) electrons. The molecule has 20 heavy (non-hydrogen) atoms. The van der Waals surface area contributed by atoms with E-state index in [1.807, 2.05) is 42.5 Å². The molecule has 1 atom stereocenters. The van der Waals surface area contributed by atoms with Crippen LogP contribution in [0, 0.1) is 0 Å². The lowest BCUT2D eigenvalue weighted by Gasteiger charge is -2.11. The van der Waals surface area contributed by atoms with E-state index < -0.39 is 0 Å². The maximum absolute atomic E-state index is 6.50. The molecule has 0 amide bonds. The Kier molecular flexibility index (Phi) is 3.70. The molecule has 3 nitrogen and oxygen atoms in total. The van der Waals surface area contributed by atoms with E-state index in [-0.39, 0.29) is 12.2 Å². The Balaban J connectivity index is 1.77. The molecule has 4 heteroatoms.